The maximum Gasteiger partial charge on any atom is 0.525 e. The van der Waals surface area contributed by atoms with Gasteiger partial charge in [-0.15, -0.1) is 0 Å². The Morgan fingerprint density at radius 1 is 1.25 bits per heavy atom. The predicted molar refractivity (Wildman–Crippen MR) is 87.4 cm³/mol. The van der Waals surface area contributed by atoms with Crippen molar-refractivity contribution in [1.29, 1.82) is 0 Å². The molecular weight excluding hydrogens is 334 g/mol. The van der Waals surface area contributed by atoms with Gasteiger partial charge < -0.3 is 13.7 Å². The molecule has 1 fully saturated rings. The number of hydrogen-bond donors (Lipinski definition) is 0. The SMILES string of the molecule is Cc1ccc(S(=O)(=O)OC(=O)OC(C)(C)C)c(OCN2CCC2)c1. The van der Waals surface area contributed by atoms with Gasteiger partial charge >= 0.3 is 16.3 Å². The van der Waals surface area contributed by atoms with E-state index in [0.717, 1.165) is 25.1 Å². The van der Waals surface area contributed by atoms with Gasteiger partial charge in [0.1, 0.15) is 23.0 Å². The van der Waals surface area contributed by atoms with Gasteiger partial charge in [-0.2, -0.15) is 8.42 Å². The van der Waals surface area contributed by atoms with E-state index >= 15 is 0 Å². The van der Waals surface area contributed by atoms with Crippen LogP contribution in [0.5, 0.6) is 5.75 Å². The summed E-state index contributed by atoms with van der Waals surface area (Å²) in [5, 5.41) is 0. The topological polar surface area (TPSA) is 82.1 Å². The van der Waals surface area contributed by atoms with Gasteiger partial charge in [-0.05, 0) is 51.8 Å². The van der Waals surface area contributed by atoms with Crippen molar-refractivity contribution < 1.29 is 26.9 Å². The van der Waals surface area contributed by atoms with Crippen molar-refractivity contribution >= 4 is 16.3 Å². The molecule has 1 aromatic rings. The van der Waals surface area contributed by atoms with Gasteiger partial charge in [0.05, 0.1) is 0 Å². The molecule has 0 spiro atoms. The van der Waals surface area contributed by atoms with Crippen molar-refractivity contribution in [2.75, 3.05) is 19.8 Å². The van der Waals surface area contributed by atoms with Crippen LogP contribution in [-0.4, -0.2) is 44.9 Å². The Morgan fingerprint density at radius 3 is 2.46 bits per heavy atom. The molecule has 1 aromatic carbocycles. The van der Waals surface area contributed by atoms with E-state index in [2.05, 4.69) is 4.18 Å². The minimum atomic E-state index is -4.33. The van der Waals surface area contributed by atoms with Crippen LogP contribution in [0.2, 0.25) is 0 Å². The first-order chi connectivity index (χ1) is 11.1. The Labute approximate surface area is 142 Å². The molecule has 0 aliphatic carbocycles. The van der Waals surface area contributed by atoms with Gasteiger partial charge in [-0.3, -0.25) is 4.90 Å². The number of nitrogens with zero attached hydrogens (tertiary/aromatic N) is 1. The van der Waals surface area contributed by atoms with Crippen molar-refractivity contribution in [2.45, 2.75) is 44.6 Å². The highest BCUT2D eigenvalue weighted by atomic mass is 32.2. The van der Waals surface area contributed by atoms with Gasteiger partial charge in [-0.1, -0.05) is 6.07 Å². The molecule has 1 saturated heterocycles. The van der Waals surface area contributed by atoms with Crippen LogP contribution in [0.3, 0.4) is 0 Å². The number of benzene rings is 1. The van der Waals surface area contributed by atoms with Crippen molar-refractivity contribution in [1.82, 2.24) is 4.90 Å². The second-order valence-electron chi connectivity index (χ2n) is 6.70. The summed E-state index contributed by atoms with van der Waals surface area (Å²) >= 11 is 0. The molecule has 0 N–H and O–H groups in total. The van der Waals surface area contributed by atoms with Crippen LogP contribution in [0.4, 0.5) is 4.79 Å². The molecule has 0 saturated carbocycles. The van der Waals surface area contributed by atoms with Crippen LogP contribution in [-0.2, 0) is 19.0 Å². The van der Waals surface area contributed by atoms with Crippen LogP contribution in [0, 0.1) is 6.92 Å². The molecule has 0 atom stereocenters. The monoisotopic (exact) mass is 357 g/mol. The first kappa shape index (κ1) is 18.5. The van der Waals surface area contributed by atoms with Crippen molar-refractivity contribution in [3.63, 3.8) is 0 Å². The van der Waals surface area contributed by atoms with Crippen molar-refractivity contribution in [3.05, 3.63) is 23.8 Å². The van der Waals surface area contributed by atoms with Gasteiger partial charge in [-0.25, -0.2) is 4.79 Å². The van der Waals surface area contributed by atoms with E-state index < -0.39 is 21.9 Å². The summed E-state index contributed by atoms with van der Waals surface area (Å²) in [6, 6.07) is 4.58. The third-order valence-electron chi connectivity index (χ3n) is 3.29. The van der Waals surface area contributed by atoms with Crippen molar-refractivity contribution in [3.8, 4) is 5.75 Å². The lowest BCUT2D eigenvalue weighted by molar-refractivity contribution is 0.0221. The third kappa shape index (κ3) is 5.10. The number of ether oxygens (including phenoxy) is 2. The molecule has 1 aliphatic rings. The Kier molecular flexibility index (Phi) is 5.39. The number of carbonyl (C=O) groups excluding carboxylic acids is 1. The summed E-state index contributed by atoms with van der Waals surface area (Å²) in [4.78, 5) is 13.5. The second-order valence-corrected chi connectivity index (χ2v) is 8.21. The van der Waals surface area contributed by atoms with E-state index in [1.54, 1.807) is 32.9 Å². The fraction of sp³-hybridized carbons (Fsp3) is 0.562. The molecule has 1 aliphatic heterocycles. The van der Waals surface area contributed by atoms with Crippen LogP contribution in [0.1, 0.15) is 32.8 Å². The quantitative estimate of drug-likeness (QED) is 0.592. The van der Waals surface area contributed by atoms with Crippen LogP contribution < -0.4 is 4.74 Å². The Balaban J connectivity index is 2.17. The fourth-order valence-corrected chi connectivity index (χ4v) is 2.91. The number of aryl methyl sites for hydroxylation is 1. The zero-order valence-corrected chi connectivity index (χ0v) is 15.2. The number of rotatable bonds is 5. The average Bonchev–Trinajstić information content (AvgIpc) is 2.33. The molecule has 2 rings (SSSR count). The van der Waals surface area contributed by atoms with E-state index in [4.69, 9.17) is 9.47 Å². The van der Waals surface area contributed by atoms with Gasteiger partial charge in [0.2, 0.25) is 0 Å². The molecule has 1 heterocycles. The first-order valence-electron chi connectivity index (χ1n) is 7.70. The van der Waals surface area contributed by atoms with E-state index in [9.17, 15) is 13.2 Å². The molecule has 24 heavy (non-hydrogen) atoms. The van der Waals surface area contributed by atoms with E-state index in [0.29, 0.717) is 6.73 Å². The molecule has 0 radical (unpaired) electrons. The minimum absolute atomic E-state index is 0.158. The highest BCUT2D eigenvalue weighted by Gasteiger charge is 2.28. The van der Waals surface area contributed by atoms with Gasteiger partial charge in [0, 0.05) is 13.1 Å². The van der Waals surface area contributed by atoms with Gasteiger partial charge in [0.25, 0.3) is 0 Å². The van der Waals surface area contributed by atoms with E-state index in [1.807, 2.05) is 11.8 Å². The highest BCUT2D eigenvalue weighted by Crippen LogP contribution is 2.28. The molecule has 7 nitrogen and oxygen atoms in total. The number of likely N-dealkylation sites (tertiary alicyclic amines) is 1. The molecule has 0 aromatic heterocycles. The summed E-state index contributed by atoms with van der Waals surface area (Å²) < 4.78 is 39.8. The van der Waals surface area contributed by atoms with Crippen molar-refractivity contribution in [2.24, 2.45) is 0 Å². The van der Waals surface area contributed by atoms with E-state index in [1.165, 1.54) is 6.07 Å². The molecule has 8 heteroatoms. The molecule has 0 bridgehead atoms. The molecule has 134 valence electrons. The lowest BCUT2D eigenvalue weighted by Gasteiger charge is -2.30. The van der Waals surface area contributed by atoms with Crippen LogP contribution >= 0.6 is 0 Å². The average molecular weight is 357 g/mol. The lowest BCUT2D eigenvalue weighted by Crippen LogP contribution is -2.39. The standard InChI is InChI=1S/C16H23NO6S/c1-12-6-7-14(13(10-12)21-11-17-8-5-9-17)24(19,20)23-15(18)22-16(2,3)4/h6-7,10H,5,8-9,11H2,1-4H3. The maximum atomic E-state index is 12.4. The summed E-state index contributed by atoms with van der Waals surface area (Å²) in [5.74, 6) is 0.158. The van der Waals surface area contributed by atoms with E-state index in [-0.39, 0.29) is 10.6 Å². The largest absolute Gasteiger partial charge is 0.525 e. The Bertz CT molecular complexity index is 704. The zero-order valence-electron chi connectivity index (χ0n) is 14.4. The maximum absolute atomic E-state index is 12.4. The summed E-state index contributed by atoms with van der Waals surface area (Å²) in [6.45, 7) is 8.81. The summed E-state index contributed by atoms with van der Waals surface area (Å²) in [7, 11) is -4.33. The molecule has 0 amide bonds. The smallest absolute Gasteiger partial charge is 0.477 e. The predicted octanol–water partition coefficient (Wildman–Crippen LogP) is 2.68. The molecular formula is C16H23NO6S. The normalized spacial score (nSPS) is 15.5. The Morgan fingerprint density at radius 2 is 1.92 bits per heavy atom. The lowest BCUT2D eigenvalue weighted by atomic mass is 10.2. The van der Waals surface area contributed by atoms with Crippen LogP contribution in [0.25, 0.3) is 0 Å². The number of carbonyl (C=O) groups is 1. The second kappa shape index (κ2) is 6.98. The summed E-state index contributed by atoms with van der Waals surface area (Å²) in [6.07, 6.45) is -0.166. The van der Waals surface area contributed by atoms with Crippen LogP contribution in [0.15, 0.2) is 23.1 Å². The fourth-order valence-electron chi connectivity index (χ4n) is 2.01. The zero-order chi connectivity index (χ0) is 18.0. The molecule has 0 unspecified atom stereocenters. The highest BCUT2D eigenvalue weighted by molar-refractivity contribution is 7.87. The third-order valence-corrected chi connectivity index (χ3v) is 4.52. The Hall–Kier alpha value is -1.80. The first-order valence-corrected chi connectivity index (χ1v) is 9.11. The number of hydrogen-bond acceptors (Lipinski definition) is 7. The summed E-state index contributed by atoms with van der Waals surface area (Å²) in [5.41, 5.74) is -0.0127. The minimum Gasteiger partial charge on any atom is -0.477 e. The van der Waals surface area contributed by atoms with Gasteiger partial charge in [0.15, 0.2) is 0 Å².